The van der Waals surface area contributed by atoms with E-state index < -0.39 is 0 Å². The Morgan fingerprint density at radius 2 is 1.68 bits per heavy atom. The van der Waals surface area contributed by atoms with Gasteiger partial charge < -0.3 is 14.3 Å². The number of nitrogens with zero attached hydrogens (tertiary/aromatic N) is 1. The minimum absolute atomic E-state index is 0.265. The Morgan fingerprint density at radius 1 is 0.964 bits per heavy atom. The van der Waals surface area contributed by atoms with Gasteiger partial charge in [-0.1, -0.05) is 24.3 Å². The summed E-state index contributed by atoms with van der Waals surface area (Å²) in [5.41, 5.74) is 3.33. The van der Waals surface area contributed by atoms with Gasteiger partial charge in [0.2, 0.25) is 0 Å². The highest BCUT2D eigenvalue weighted by atomic mass is 19.1. The van der Waals surface area contributed by atoms with E-state index >= 15 is 0 Å². The third kappa shape index (κ3) is 3.81. The maximum absolute atomic E-state index is 13.5. The summed E-state index contributed by atoms with van der Waals surface area (Å²) < 4.78 is 34.0. The normalized spacial score (nSPS) is 11.1. The second-order valence-corrected chi connectivity index (χ2v) is 6.55. The fraction of sp³-hybridized carbons (Fsp3) is 0.136. The van der Waals surface area contributed by atoms with E-state index in [1.54, 1.807) is 41.2 Å². The van der Waals surface area contributed by atoms with Gasteiger partial charge in [-0.3, -0.25) is 4.79 Å². The van der Waals surface area contributed by atoms with E-state index in [-0.39, 0.29) is 17.5 Å². The molecule has 2 aromatic heterocycles. The molecule has 0 saturated heterocycles. The first-order valence-electron chi connectivity index (χ1n) is 8.94. The van der Waals surface area contributed by atoms with Crippen LogP contribution in [0.15, 0.2) is 71.3 Å². The molecule has 0 aliphatic heterocycles. The first-order valence-corrected chi connectivity index (χ1v) is 8.94. The summed E-state index contributed by atoms with van der Waals surface area (Å²) in [6, 6.07) is 16.0. The van der Waals surface area contributed by atoms with Gasteiger partial charge in [-0.15, -0.1) is 0 Å². The van der Waals surface area contributed by atoms with Crippen LogP contribution in [0.3, 0.4) is 0 Å². The molecule has 0 spiro atoms. The number of aromatic nitrogens is 1. The fourth-order valence-electron chi connectivity index (χ4n) is 3.26. The van der Waals surface area contributed by atoms with E-state index in [2.05, 4.69) is 5.32 Å². The number of hydrogen-bond acceptors (Lipinski definition) is 2. The second-order valence-electron chi connectivity index (χ2n) is 6.55. The summed E-state index contributed by atoms with van der Waals surface area (Å²) in [6.45, 7) is 0.711. The zero-order valence-corrected chi connectivity index (χ0v) is 15.0. The second kappa shape index (κ2) is 7.68. The average Bonchev–Trinajstić information content (AvgIpc) is 3.24. The number of carbonyl (C=O) groups excluding carboxylic acids is 1. The fourth-order valence-corrected chi connectivity index (χ4v) is 3.26. The monoisotopic (exact) mass is 380 g/mol. The largest absolute Gasteiger partial charge is 0.463 e. The van der Waals surface area contributed by atoms with Crippen LogP contribution in [-0.2, 0) is 13.0 Å². The van der Waals surface area contributed by atoms with E-state index in [1.165, 1.54) is 24.3 Å². The minimum Gasteiger partial charge on any atom is -0.463 e. The number of rotatable bonds is 6. The third-order valence-electron chi connectivity index (χ3n) is 4.57. The summed E-state index contributed by atoms with van der Waals surface area (Å²) in [5.74, 6) is -0.887. The predicted octanol–water partition coefficient (Wildman–Crippen LogP) is 4.53. The van der Waals surface area contributed by atoms with Crippen molar-refractivity contribution in [2.45, 2.75) is 13.0 Å². The third-order valence-corrected chi connectivity index (χ3v) is 4.57. The Kier molecular flexibility index (Phi) is 4.93. The molecule has 0 aliphatic rings. The van der Waals surface area contributed by atoms with Gasteiger partial charge in [-0.25, -0.2) is 8.78 Å². The van der Waals surface area contributed by atoms with Crippen LogP contribution in [0.5, 0.6) is 0 Å². The highest BCUT2D eigenvalue weighted by Crippen LogP contribution is 2.23. The van der Waals surface area contributed by atoms with E-state index in [1.807, 2.05) is 6.07 Å². The first-order chi connectivity index (χ1) is 13.6. The van der Waals surface area contributed by atoms with E-state index in [0.29, 0.717) is 30.8 Å². The molecule has 2 heterocycles. The summed E-state index contributed by atoms with van der Waals surface area (Å²) >= 11 is 0. The van der Waals surface area contributed by atoms with Crippen molar-refractivity contribution in [1.29, 1.82) is 0 Å². The molecule has 1 amide bonds. The first kappa shape index (κ1) is 18.0. The lowest BCUT2D eigenvalue weighted by Gasteiger charge is -2.11. The molecule has 1 N–H and O–H groups in total. The minimum atomic E-state index is -0.325. The highest BCUT2D eigenvalue weighted by Gasteiger charge is 2.17. The Morgan fingerprint density at radius 3 is 2.43 bits per heavy atom. The smallest absolute Gasteiger partial charge is 0.268 e. The van der Waals surface area contributed by atoms with Crippen molar-refractivity contribution in [1.82, 2.24) is 9.88 Å². The lowest BCUT2D eigenvalue weighted by atomic mass is 10.1. The molecular weight excluding hydrogens is 362 g/mol. The molecule has 0 fully saturated rings. The molecule has 6 heteroatoms. The Labute approximate surface area is 160 Å². The van der Waals surface area contributed by atoms with Gasteiger partial charge in [0.05, 0.1) is 11.8 Å². The molecule has 0 unspecified atom stereocenters. The van der Waals surface area contributed by atoms with Gasteiger partial charge in [0.25, 0.3) is 5.91 Å². The van der Waals surface area contributed by atoms with Gasteiger partial charge in [0, 0.05) is 25.2 Å². The van der Waals surface area contributed by atoms with Crippen molar-refractivity contribution in [2.24, 2.45) is 0 Å². The summed E-state index contributed by atoms with van der Waals surface area (Å²) in [7, 11) is 0. The molecule has 28 heavy (non-hydrogen) atoms. The number of hydrogen-bond donors (Lipinski definition) is 1. The molecule has 0 bridgehead atoms. The van der Waals surface area contributed by atoms with Crippen LogP contribution in [0.25, 0.3) is 11.1 Å². The molecule has 4 rings (SSSR count). The molecule has 142 valence electrons. The summed E-state index contributed by atoms with van der Waals surface area (Å²) in [4.78, 5) is 12.7. The van der Waals surface area contributed by atoms with Gasteiger partial charge >= 0.3 is 0 Å². The number of amides is 1. The van der Waals surface area contributed by atoms with Gasteiger partial charge in [0.15, 0.2) is 5.58 Å². The molecule has 0 atom stereocenters. The maximum Gasteiger partial charge on any atom is 0.268 e. The zero-order valence-electron chi connectivity index (χ0n) is 15.0. The van der Waals surface area contributed by atoms with Crippen LogP contribution in [0.4, 0.5) is 8.78 Å². The molecule has 4 nitrogen and oxygen atoms in total. The van der Waals surface area contributed by atoms with Crippen molar-refractivity contribution in [3.05, 3.63) is 95.4 Å². The number of benzene rings is 2. The predicted molar refractivity (Wildman–Crippen MR) is 102 cm³/mol. The summed E-state index contributed by atoms with van der Waals surface area (Å²) in [6.07, 6.45) is 2.07. The van der Waals surface area contributed by atoms with E-state index in [4.69, 9.17) is 4.42 Å². The number of nitrogens with one attached hydrogen (secondary N) is 1. The molecule has 2 aromatic carbocycles. The van der Waals surface area contributed by atoms with Gasteiger partial charge in [0.1, 0.15) is 17.3 Å². The number of furan rings is 1. The van der Waals surface area contributed by atoms with Crippen molar-refractivity contribution < 1.29 is 18.0 Å². The summed E-state index contributed by atoms with van der Waals surface area (Å²) in [5, 5.41) is 2.86. The van der Waals surface area contributed by atoms with Crippen LogP contribution in [0.2, 0.25) is 0 Å². The molecule has 0 aliphatic carbocycles. The van der Waals surface area contributed by atoms with Crippen molar-refractivity contribution in [3.8, 4) is 0 Å². The van der Waals surface area contributed by atoms with Crippen molar-refractivity contribution in [3.63, 3.8) is 0 Å². The van der Waals surface area contributed by atoms with Crippen molar-refractivity contribution in [2.75, 3.05) is 6.54 Å². The Bertz CT molecular complexity index is 1130. The van der Waals surface area contributed by atoms with Crippen LogP contribution in [0.1, 0.15) is 21.6 Å². The molecule has 4 aromatic rings. The molecular formula is C22H18F2N2O2. The SMILES string of the molecule is O=C(NCCc1cccc(F)c1)c1cc2occc2n1Cc1cccc(F)c1. The number of halogens is 2. The standard InChI is InChI=1S/C22H18F2N2O2/c23-17-5-1-3-15(11-17)7-9-25-22(27)20-13-21-19(8-10-28-21)26(20)14-16-4-2-6-18(24)12-16/h1-6,8,10-13H,7,9,14H2,(H,25,27). The molecule has 0 saturated carbocycles. The highest BCUT2D eigenvalue weighted by molar-refractivity contribution is 5.97. The van der Waals surface area contributed by atoms with E-state index in [0.717, 1.165) is 16.6 Å². The van der Waals surface area contributed by atoms with Crippen LogP contribution in [0, 0.1) is 11.6 Å². The molecule has 0 radical (unpaired) electrons. The van der Waals surface area contributed by atoms with Gasteiger partial charge in [-0.2, -0.15) is 0 Å². The van der Waals surface area contributed by atoms with Crippen LogP contribution < -0.4 is 5.32 Å². The number of fused-ring (bicyclic) bond motifs is 1. The van der Waals surface area contributed by atoms with Crippen LogP contribution >= 0.6 is 0 Å². The topological polar surface area (TPSA) is 47.2 Å². The Balaban J connectivity index is 1.52. The Hall–Kier alpha value is -3.41. The van der Waals surface area contributed by atoms with Gasteiger partial charge in [-0.05, 0) is 41.8 Å². The lowest BCUT2D eigenvalue weighted by Crippen LogP contribution is -2.28. The van der Waals surface area contributed by atoms with Crippen LogP contribution in [-0.4, -0.2) is 17.0 Å². The van der Waals surface area contributed by atoms with Crippen molar-refractivity contribution >= 4 is 17.0 Å². The zero-order chi connectivity index (χ0) is 19.5. The van der Waals surface area contributed by atoms with E-state index in [9.17, 15) is 13.6 Å². The lowest BCUT2D eigenvalue weighted by molar-refractivity contribution is 0.0945. The average molecular weight is 380 g/mol. The quantitative estimate of drug-likeness (QED) is 0.534. The maximum atomic E-state index is 13.5. The number of carbonyl (C=O) groups is 1.